The third kappa shape index (κ3) is 5.56. The first-order chi connectivity index (χ1) is 14.8. The molecule has 3 rings (SSSR count). The van der Waals surface area contributed by atoms with Crippen LogP contribution in [0.4, 0.5) is 4.39 Å². The van der Waals surface area contributed by atoms with Gasteiger partial charge in [-0.3, -0.25) is 9.59 Å². The monoisotopic (exact) mass is 460 g/mol. The van der Waals surface area contributed by atoms with Crippen LogP contribution in [0, 0.1) is 12.7 Å². The zero-order valence-electron chi connectivity index (χ0n) is 16.7. The second kappa shape index (κ2) is 9.84. The minimum atomic E-state index is -3.93. The van der Waals surface area contributed by atoms with Crippen molar-refractivity contribution in [1.82, 2.24) is 10.6 Å². The average molecular weight is 461 g/mol. The van der Waals surface area contributed by atoms with Gasteiger partial charge in [0, 0.05) is 18.0 Å². The van der Waals surface area contributed by atoms with E-state index in [0.717, 1.165) is 23.3 Å². The van der Waals surface area contributed by atoms with Crippen molar-refractivity contribution in [3.63, 3.8) is 0 Å². The number of benzene rings is 2. The highest BCUT2D eigenvalue weighted by molar-refractivity contribution is 7.91. The van der Waals surface area contributed by atoms with E-state index in [1.165, 1.54) is 23.5 Å². The van der Waals surface area contributed by atoms with Crippen LogP contribution in [0.5, 0.6) is 0 Å². The molecule has 6 nitrogen and oxygen atoms in total. The van der Waals surface area contributed by atoms with Crippen LogP contribution in [0.2, 0.25) is 0 Å². The van der Waals surface area contributed by atoms with Crippen molar-refractivity contribution in [3.8, 4) is 0 Å². The molecule has 0 aliphatic rings. The van der Waals surface area contributed by atoms with Gasteiger partial charge in [-0.15, -0.1) is 11.3 Å². The van der Waals surface area contributed by atoms with Crippen LogP contribution in [-0.4, -0.2) is 26.8 Å². The largest absolute Gasteiger partial charge is 0.346 e. The number of hydrogen-bond donors (Lipinski definition) is 2. The van der Waals surface area contributed by atoms with Crippen LogP contribution >= 0.6 is 11.3 Å². The van der Waals surface area contributed by atoms with Gasteiger partial charge in [0.2, 0.25) is 0 Å². The molecule has 2 N–H and O–H groups in total. The Morgan fingerprint density at radius 2 is 1.65 bits per heavy atom. The minimum Gasteiger partial charge on any atom is -0.346 e. The summed E-state index contributed by atoms with van der Waals surface area (Å²) in [5.74, 6) is -2.33. The number of carbonyl (C=O) groups excluding carboxylic acids is 2. The Morgan fingerprint density at radius 1 is 0.968 bits per heavy atom. The number of sulfone groups is 1. The number of carbonyl (C=O) groups is 2. The van der Waals surface area contributed by atoms with Gasteiger partial charge in [-0.05, 0) is 53.8 Å². The summed E-state index contributed by atoms with van der Waals surface area (Å²) in [7, 11) is -3.93. The van der Waals surface area contributed by atoms with Crippen molar-refractivity contribution in [2.24, 2.45) is 0 Å². The number of aryl methyl sites for hydroxylation is 1. The Hall–Kier alpha value is -3.04. The van der Waals surface area contributed by atoms with E-state index >= 15 is 0 Å². The first-order valence-electron chi connectivity index (χ1n) is 9.42. The van der Waals surface area contributed by atoms with Gasteiger partial charge in [0.25, 0.3) is 0 Å². The van der Waals surface area contributed by atoms with E-state index < -0.39 is 32.7 Å². The first-order valence-corrected chi connectivity index (χ1v) is 11.8. The fraction of sp³-hybridized carbons (Fsp3) is 0.182. The normalized spacial score (nSPS) is 12.2. The first kappa shape index (κ1) is 22.6. The van der Waals surface area contributed by atoms with Gasteiger partial charge in [0.15, 0.2) is 9.84 Å². The third-order valence-corrected chi connectivity index (χ3v) is 7.97. The lowest BCUT2D eigenvalue weighted by Crippen LogP contribution is -2.42. The fourth-order valence-corrected chi connectivity index (χ4v) is 5.74. The molecule has 0 aliphatic heterocycles. The molecule has 162 valence electrons. The van der Waals surface area contributed by atoms with Gasteiger partial charge in [-0.25, -0.2) is 12.8 Å². The van der Waals surface area contributed by atoms with Crippen LogP contribution in [0.15, 0.2) is 70.9 Å². The Balaban J connectivity index is 1.69. The number of hydrogen-bond acceptors (Lipinski definition) is 5. The van der Waals surface area contributed by atoms with Crippen molar-refractivity contribution in [1.29, 1.82) is 0 Å². The lowest BCUT2D eigenvalue weighted by Gasteiger charge is -2.17. The van der Waals surface area contributed by atoms with Gasteiger partial charge in [0.1, 0.15) is 11.1 Å². The molecule has 0 aliphatic carbocycles. The van der Waals surface area contributed by atoms with Gasteiger partial charge >= 0.3 is 11.8 Å². The van der Waals surface area contributed by atoms with Crippen LogP contribution in [0.3, 0.4) is 0 Å². The van der Waals surface area contributed by atoms with E-state index in [4.69, 9.17) is 0 Å². The standard InChI is InChI=1S/C22H21FN2O4S2/c1-15-5-2-3-6-16(15)13-24-21(26)22(27)25-14-20(19-7-4-12-30-19)31(28,29)18-10-8-17(23)9-11-18/h2-12,20H,13-14H2,1H3,(H,24,26)(H,25,27). The molecule has 0 radical (unpaired) electrons. The van der Waals surface area contributed by atoms with Gasteiger partial charge in [-0.2, -0.15) is 0 Å². The molecule has 31 heavy (non-hydrogen) atoms. The SMILES string of the molecule is Cc1ccccc1CNC(=O)C(=O)NCC(c1cccs1)S(=O)(=O)c1ccc(F)cc1. The molecule has 9 heteroatoms. The Kier molecular flexibility index (Phi) is 7.19. The molecule has 0 spiro atoms. The maximum atomic E-state index is 13.2. The molecule has 1 atom stereocenters. The molecule has 1 unspecified atom stereocenters. The summed E-state index contributed by atoms with van der Waals surface area (Å²) in [5, 5.41) is 5.56. The van der Waals surface area contributed by atoms with E-state index in [2.05, 4.69) is 10.6 Å². The van der Waals surface area contributed by atoms with E-state index in [1.54, 1.807) is 17.5 Å². The van der Waals surface area contributed by atoms with Crippen molar-refractivity contribution in [2.75, 3.05) is 6.54 Å². The molecule has 0 fully saturated rings. The summed E-state index contributed by atoms with van der Waals surface area (Å²) in [6.07, 6.45) is 0. The molecule has 0 bridgehead atoms. The molecule has 2 aromatic carbocycles. The summed E-state index contributed by atoms with van der Waals surface area (Å²) in [4.78, 5) is 24.9. The second-order valence-electron chi connectivity index (χ2n) is 6.82. The molecule has 2 amide bonds. The fourth-order valence-electron chi connectivity index (χ4n) is 2.96. The Labute approximate surface area is 184 Å². The number of halogens is 1. The topological polar surface area (TPSA) is 92.3 Å². The van der Waals surface area contributed by atoms with Crippen LogP contribution in [0.1, 0.15) is 21.3 Å². The zero-order valence-corrected chi connectivity index (χ0v) is 18.3. The molecule has 0 saturated heterocycles. The third-order valence-electron chi connectivity index (χ3n) is 4.73. The van der Waals surface area contributed by atoms with Gasteiger partial charge < -0.3 is 10.6 Å². The van der Waals surface area contributed by atoms with E-state index in [1.807, 2.05) is 31.2 Å². The number of nitrogens with one attached hydrogen (secondary N) is 2. The summed E-state index contributed by atoms with van der Waals surface area (Å²) in [6, 6.07) is 15.3. The van der Waals surface area contributed by atoms with Gasteiger partial charge in [-0.1, -0.05) is 30.3 Å². The number of rotatable bonds is 7. The summed E-state index contributed by atoms with van der Waals surface area (Å²) >= 11 is 1.22. The van der Waals surface area contributed by atoms with Gasteiger partial charge in [0.05, 0.1) is 4.90 Å². The van der Waals surface area contributed by atoms with Crippen molar-refractivity contribution >= 4 is 33.0 Å². The average Bonchev–Trinajstić information content (AvgIpc) is 3.27. The quantitative estimate of drug-likeness (QED) is 0.419. The zero-order chi connectivity index (χ0) is 22.4. The number of thiophene rings is 1. The van der Waals surface area contributed by atoms with E-state index in [-0.39, 0.29) is 18.0 Å². The second-order valence-corrected chi connectivity index (χ2v) is 9.93. The Bertz CT molecular complexity index is 1160. The highest BCUT2D eigenvalue weighted by Crippen LogP contribution is 2.31. The molecule has 1 aromatic heterocycles. The van der Waals surface area contributed by atoms with Crippen molar-refractivity contribution in [2.45, 2.75) is 23.6 Å². The van der Waals surface area contributed by atoms with Crippen LogP contribution < -0.4 is 10.6 Å². The predicted molar refractivity (Wildman–Crippen MR) is 117 cm³/mol. The summed E-state index contributed by atoms with van der Waals surface area (Å²) < 4.78 is 39.4. The summed E-state index contributed by atoms with van der Waals surface area (Å²) in [5.41, 5.74) is 1.85. The van der Waals surface area contributed by atoms with E-state index in [0.29, 0.717) is 4.88 Å². The van der Waals surface area contributed by atoms with Crippen molar-refractivity contribution < 1.29 is 22.4 Å². The van der Waals surface area contributed by atoms with Crippen LogP contribution in [-0.2, 0) is 26.0 Å². The molecular formula is C22H21FN2O4S2. The smallest absolute Gasteiger partial charge is 0.309 e. The molecule has 1 heterocycles. The Morgan fingerprint density at radius 3 is 2.29 bits per heavy atom. The maximum Gasteiger partial charge on any atom is 0.309 e. The maximum absolute atomic E-state index is 13.2. The highest BCUT2D eigenvalue weighted by Gasteiger charge is 2.31. The predicted octanol–water partition coefficient (Wildman–Crippen LogP) is 3.14. The van der Waals surface area contributed by atoms with Crippen LogP contribution in [0.25, 0.3) is 0 Å². The minimum absolute atomic E-state index is 0.0643. The van der Waals surface area contributed by atoms with E-state index in [9.17, 15) is 22.4 Å². The summed E-state index contributed by atoms with van der Waals surface area (Å²) in [6.45, 7) is 1.78. The molecule has 0 saturated carbocycles. The highest BCUT2D eigenvalue weighted by atomic mass is 32.2. The number of amides is 2. The lowest BCUT2D eigenvalue weighted by molar-refractivity contribution is -0.139. The molecular weight excluding hydrogens is 439 g/mol. The molecule has 3 aromatic rings. The lowest BCUT2D eigenvalue weighted by atomic mass is 10.1. The van der Waals surface area contributed by atoms with Crippen molar-refractivity contribution in [3.05, 3.63) is 87.9 Å².